The second-order valence-corrected chi connectivity index (χ2v) is 8.88. The Morgan fingerprint density at radius 2 is 1.68 bits per heavy atom. The molecular formula is C20H22N4O3S. The highest BCUT2D eigenvalue weighted by atomic mass is 32.2. The Morgan fingerprint density at radius 1 is 0.964 bits per heavy atom. The van der Waals surface area contributed by atoms with Gasteiger partial charge in [-0.15, -0.1) is 0 Å². The minimum atomic E-state index is -3.46. The average molecular weight is 398 g/mol. The predicted octanol–water partition coefficient (Wildman–Crippen LogP) is 1.51. The number of nitrogens with zero attached hydrogens (tertiary/aromatic N) is 4. The summed E-state index contributed by atoms with van der Waals surface area (Å²) in [4.78, 5) is 19.5. The van der Waals surface area contributed by atoms with Crippen LogP contribution in [0.5, 0.6) is 0 Å². The summed E-state index contributed by atoms with van der Waals surface area (Å²) in [5, 5.41) is 0. The van der Waals surface area contributed by atoms with Gasteiger partial charge in [0.2, 0.25) is 10.0 Å². The van der Waals surface area contributed by atoms with Crippen LogP contribution in [0.25, 0.3) is 5.65 Å². The van der Waals surface area contributed by atoms with E-state index in [0.29, 0.717) is 49.0 Å². The van der Waals surface area contributed by atoms with Crippen LogP contribution in [0.15, 0.2) is 64.3 Å². The summed E-state index contributed by atoms with van der Waals surface area (Å²) in [6, 6.07) is 15.7. The maximum atomic E-state index is 12.7. The summed E-state index contributed by atoms with van der Waals surface area (Å²) in [6.07, 6.45) is 0. The highest BCUT2D eigenvalue weighted by molar-refractivity contribution is 7.89. The third-order valence-corrected chi connectivity index (χ3v) is 6.94. The van der Waals surface area contributed by atoms with Crippen LogP contribution in [-0.4, -0.2) is 53.2 Å². The summed E-state index contributed by atoms with van der Waals surface area (Å²) in [5.74, 6) is 0. The molecule has 1 fully saturated rings. The third kappa shape index (κ3) is 3.58. The molecule has 146 valence electrons. The molecule has 3 aromatic rings. The van der Waals surface area contributed by atoms with E-state index in [4.69, 9.17) is 0 Å². The summed E-state index contributed by atoms with van der Waals surface area (Å²) in [5.41, 5.74) is 2.09. The zero-order valence-electron chi connectivity index (χ0n) is 15.7. The highest BCUT2D eigenvalue weighted by Crippen LogP contribution is 2.18. The first kappa shape index (κ1) is 18.8. The van der Waals surface area contributed by atoms with Gasteiger partial charge >= 0.3 is 0 Å². The van der Waals surface area contributed by atoms with Crippen LogP contribution in [0.2, 0.25) is 0 Å². The van der Waals surface area contributed by atoms with Gasteiger partial charge in [0.15, 0.2) is 0 Å². The second kappa shape index (κ2) is 7.46. The molecule has 3 heterocycles. The number of sulfonamides is 1. The Morgan fingerprint density at radius 3 is 2.39 bits per heavy atom. The Balaban J connectivity index is 1.47. The van der Waals surface area contributed by atoms with E-state index in [0.717, 1.165) is 5.69 Å². The fourth-order valence-corrected chi connectivity index (χ4v) is 4.99. The minimum Gasteiger partial charge on any atom is -0.295 e. The van der Waals surface area contributed by atoms with Gasteiger partial charge in [-0.2, -0.15) is 4.31 Å². The molecule has 2 aromatic heterocycles. The van der Waals surface area contributed by atoms with Crippen molar-refractivity contribution in [2.45, 2.75) is 18.4 Å². The first-order chi connectivity index (χ1) is 13.4. The van der Waals surface area contributed by atoms with Crippen LogP contribution in [0.1, 0.15) is 11.4 Å². The van der Waals surface area contributed by atoms with Crippen molar-refractivity contribution < 1.29 is 8.42 Å². The van der Waals surface area contributed by atoms with Crippen molar-refractivity contribution in [3.05, 3.63) is 76.3 Å². The number of hydrogen-bond donors (Lipinski definition) is 0. The minimum absolute atomic E-state index is 0.0941. The van der Waals surface area contributed by atoms with Crippen molar-refractivity contribution in [2.75, 3.05) is 26.2 Å². The van der Waals surface area contributed by atoms with E-state index in [-0.39, 0.29) is 5.56 Å². The fraction of sp³-hybridized carbons (Fsp3) is 0.300. The monoisotopic (exact) mass is 398 g/mol. The van der Waals surface area contributed by atoms with Crippen LogP contribution in [0.3, 0.4) is 0 Å². The number of aryl methyl sites for hydroxylation is 1. The van der Waals surface area contributed by atoms with Crippen molar-refractivity contribution >= 4 is 15.7 Å². The molecule has 8 heteroatoms. The molecule has 1 aromatic carbocycles. The molecule has 0 spiro atoms. The fourth-order valence-electron chi connectivity index (χ4n) is 3.54. The number of aromatic nitrogens is 2. The Hall–Kier alpha value is -2.55. The van der Waals surface area contributed by atoms with Crippen molar-refractivity contribution in [3.8, 4) is 0 Å². The summed E-state index contributed by atoms with van der Waals surface area (Å²) >= 11 is 0. The number of fused-ring (bicyclic) bond motifs is 1. The standard InChI is InChI=1S/C20H22N4O3S/c1-16-6-5-9-19-21-17(14-20(25)24(16)19)15-22-10-12-23(13-11-22)28(26,27)18-7-3-2-4-8-18/h2-9,14H,10-13,15H2,1H3. The van der Waals surface area contributed by atoms with Gasteiger partial charge in [0.1, 0.15) is 5.65 Å². The molecule has 0 unspecified atom stereocenters. The van der Waals surface area contributed by atoms with E-state index >= 15 is 0 Å². The Kier molecular flexibility index (Phi) is 5.01. The van der Waals surface area contributed by atoms with Gasteiger partial charge in [-0.25, -0.2) is 13.4 Å². The normalized spacial score (nSPS) is 16.5. The molecule has 1 saturated heterocycles. The molecule has 0 N–H and O–H groups in total. The molecule has 0 atom stereocenters. The van der Waals surface area contributed by atoms with Gasteiger partial charge < -0.3 is 0 Å². The van der Waals surface area contributed by atoms with Crippen LogP contribution in [0, 0.1) is 6.92 Å². The first-order valence-corrected chi connectivity index (χ1v) is 10.6. The molecule has 0 saturated carbocycles. The van der Waals surface area contributed by atoms with E-state index in [9.17, 15) is 13.2 Å². The van der Waals surface area contributed by atoms with Gasteiger partial charge in [0, 0.05) is 44.5 Å². The molecule has 28 heavy (non-hydrogen) atoms. The largest absolute Gasteiger partial charge is 0.295 e. The van der Waals surface area contributed by atoms with E-state index < -0.39 is 10.0 Å². The molecule has 0 radical (unpaired) electrons. The van der Waals surface area contributed by atoms with Crippen LogP contribution in [-0.2, 0) is 16.6 Å². The van der Waals surface area contributed by atoms with Gasteiger partial charge in [0.25, 0.3) is 5.56 Å². The van der Waals surface area contributed by atoms with E-state index in [1.165, 1.54) is 4.31 Å². The number of piperazine rings is 1. The SMILES string of the molecule is Cc1cccc2nc(CN3CCN(S(=O)(=O)c4ccccc4)CC3)cc(=O)n12. The Labute approximate surface area is 163 Å². The van der Waals surface area contributed by atoms with Crippen LogP contribution in [0.4, 0.5) is 0 Å². The lowest BCUT2D eigenvalue weighted by Crippen LogP contribution is -2.48. The summed E-state index contributed by atoms with van der Waals surface area (Å²) in [7, 11) is -3.46. The highest BCUT2D eigenvalue weighted by Gasteiger charge is 2.28. The molecule has 4 rings (SSSR count). The zero-order chi connectivity index (χ0) is 19.7. The third-order valence-electron chi connectivity index (χ3n) is 5.03. The maximum Gasteiger partial charge on any atom is 0.258 e. The number of rotatable bonds is 4. The molecule has 0 bridgehead atoms. The number of hydrogen-bond acceptors (Lipinski definition) is 5. The lowest BCUT2D eigenvalue weighted by atomic mass is 10.3. The predicted molar refractivity (Wildman–Crippen MR) is 107 cm³/mol. The van der Waals surface area contributed by atoms with Crippen molar-refractivity contribution in [1.29, 1.82) is 0 Å². The summed E-state index contributed by atoms with van der Waals surface area (Å²) < 4.78 is 28.6. The van der Waals surface area contributed by atoms with Gasteiger partial charge in [0.05, 0.1) is 10.6 Å². The lowest BCUT2D eigenvalue weighted by Gasteiger charge is -2.33. The first-order valence-electron chi connectivity index (χ1n) is 9.21. The van der Waals surface area contributed by atoms with E-state index in [1.807, 2.05) is 25.1 Å². The van der Waals surface area contributed by atoms with Crippen molar-refractivity contribution in [1.82, 2.24) is 18.6 Å². The van der Waals surface area contributed by atoms with Crippen LogP contribution >= 0.6 is 0 Å². The smallest absolute Gasteiger partial charge is 0.258 e. The van der Waals surface area contributed by atoms with Gasteiger partial charge in [-0.3, -0.25) is 14.1 Å². The quantitative estimate of drug-likeness (QED) is 0.666. The topological polar surface area (TPSA) is 75.0 Å². The molecular weight excluding hydrogens is 376 g/mol. The molecule has 0 amide bonds. The Bertz CT molecular complexity index is 1150. The van der Waals surface area contributed by atoms with Gasteiger partial charge in [-0.05, 0) is 31.2 Å². The summed E-state index contributed by atoms with van der Waals surface area (Å²) in [6.45, 7) is 4.44. The second-order valence-electron chi connectivity index (χ2n) is 6.94. The lowest BCUT2D eigenvalue weighted by molar-refractivity contribution is 0.180. The molecule has 1 aliphatic heterocycles. The van der Waals surface area contributed by atoms with E-state index in [2.05, 4.69) is 9.88 Å². The molecule has 0 aliphatic carbocycles. The van der Waals surface area contributed by atoms with Crippen molar-refractivity contribution in [3.63, 3.8) is 0 Å². The molecule has 7 nitrogen and oxygen atoms in total. The van der Waals surface area contributed by atoms with Gasteiger partial charge in [-0.1, -0.05) is 24.3 Å². The maximum absolute atomic E-state index is 12.7. The number of benzene rings is 1. The van der Waals surface area contributed by atoms with Crippen molar-refractivity contribution in [2.24, 2.45) is 0 Å². The van der Waals surface area contributed by atoms with E-state index in [1.54, 1.807) is 40.8 Å². The average Bonchev–Trinajstić information content (AvgIpc) is 2.69. The van der Waals surface area contributed by atoms with Crippen LogP contribution < -0.4 is 5.56 Å². The zero-order valence-corrected chi connectivity index (χ0v) is 16.5. The molecule has 1 aliphatic rings. The number of pyridine rings is 1.